The number of carbonyl (C=O) groups excluding carboxylic acids is 1. The first-order valence-electron chi connectivity index (χ1n) is 14.6. The molecule has 5 aliphatic rings. The lowest BCUT2D eigenvalue weighted by Gasteiger charge is -2.58. The van der Waals surface area contributed by atoms with Crippen LogP contribution in [0.15, 0.2) is 11.6 Å². The van der Waals surface area contributed by atoms with Crippen molar-refractivity contribution in [2.24, 2.45) is 40.4 Å². The fraction of sp³-hybridized carbons (Fsp3) is 0.900. The van der Waals surface area contributed by atoms with E-state index in [1.807, 2.05) is 4.90 Å². The maximum atomic E-state index is 12.9. The Morgan fingerprint density at radius 2 is 1.83 bits per heavy atom. The van der Waals surface area contributed by atoms with E-state index in [0.29, 0.717) is 55.0 Å². The van der Waals surface area contributed by atoms with Gasteiger partial charge in [-0.15, -0.1) is 0 Å². The predicted molar refractivity (Wildman–Crippen MR) is 137 cm³/mol. The molecular weight excluding hydrogens is 438 g/mol. The Morgan fingerprint density at radius 3 is 2.54 bits per heavy atom. The molecule has 1 saturated heterocycles. The number of hydrogen-bond donors (Lipinski definition) is 3. The van der Waals surface area contributed by atoms with Crippen LogP contribution < -0.4 is 0 Å². The molecule has 0 spiro atoms. The molecule has 1 aliphatic heterocycles. The molecule has 0 aromatic carbocycles. The SMILES string of the molecule is C[C@H](CCC(=O)N1CCC(O)(CO)CC1)[C@H]1CC[C@H]2[C@@H]3CC=C4C[C@@H](O)CC[C@]4(C)[C@H]3CC[C@]12C. The van der Waals surface area contributed by atoms with Gasteiger partial charge in [-0.3, -0.25) is 4.79 Å². The van der Waals surface area contributed by atoms with Gasteiger partial charge in [-0.05, 0) is 111 Å². The Hall–Kier alpha value is -0.910. The summed E-state index contributed by atoms with van der Waals surface area (Å²) in [6.45, 7) is 8.38. The molecule has 4 fully saturated rings. The van der Waals surface area contributed by atoms with E-state index in [4.69, 9.17) is 0 Å². The van der Waals surface area contributed by atoms with Gasteiger partial charge in [0, 0.05) is 19.5 Å². The van der Waals surface area contributed by atoms with Crippen LogP contribution in [0.25, 0.3) is 0 Å². The van der Waals surface area contributed by atoms with Gasteiger partial charge in [-0.1, -0.05) is 32.4 Å². The number of rotatable bonds is 5. The van der Waals surface area contributed by atoms with Gasteiger partial charge < -0.3 is 20.2 Å². The second kappa shape index (κ2) is 9.44. The fourth-order valence-corrected chi connectivity index (χ4v) is 9.66. The van der Waals surface area contributed by atoms with Crippen molar-refractivity contribution >= 4 is 5.91 Å². The largest absolute Gasteiger partial charge is 0.393 e. The topological polar surface area (TPSA) is 81.0 Å². The summed E-state index contributed by atoms with van der Waals surface area (Å²) < 4.78 is 0. The monoisotopic (exact) mass is 487 g/mol. The van der Waals surface area contributed by atoms with Crippen molar-refractivity contribution < 1.29 is 20.1 Å². The molecule has 0 unspecified atom stereocenters. The first-order chi connectivity index (χ1) is 16.6. The second-order valence-electron chi connectivity index (χ2n) is 13.7. The molecule has 0 bridgehead atoms. The van der Waals surface area contributed by atoms with Gasteiger partial charge in [-0.2, -0.15) is 0 Å². The quantitative estimate of drug-likeness (QED) is 0.492. The number of nitrogens with zero attached hydrogens (tertiary/aromatic N) is 1. The molecule has 1 amide bonds. The molecule has 5 heteroatoms. The highest BCUT2D eigenvalue weighted by Gasteiger charge is 2.59. The van der Waals surface area contributed by atoms with Crippen LogP contribution in [0, 0.1) is 40.4 Å². The molecule has 3 saturated carbocycles. The van der Waals surface area contributed by atoms with Gasteiger partial charge in [0.15, 0.2) is 0 Å². The molecule has 0 radical (unpaired) electrons. The van der Waals surface area contributed by atoms with Gasteiger partial charge >= 0.3 is 0 Å². The molecule has 1 heterocycles. The van der Waals surface area contributed by atoms with E-state index in [-0.39, 0.29) is 18.6 Å². The Morgan fingerprint density at radius 1 is 1.09 bits per heavy atom. The van der Waals surface area contributed by atoms with Crippen LogP contribution in [-0.2, 0) is 4.79 Å². The minimum atomic E-state index is -1.00. The third-order valence-corrected chi connectivity index (χ3v) is 12.0. The standard InChI is InChI=1S/C30H49NO4/c1-20(4-9-27(34)31-16-14-30(35,19-32)15-17-31)24-7-8-25-23-6-5-21-18-22(33)10-12-28(21,2)26(23)11-13-29(24,25)3/h5,20,22-26,32-33,35H,4,6-19H2,1-3H3/t20-,22+,23+,24-,25+,26+,28+,29-/m1/s1. The van der Waals surface area contributed by atoms with Gasteiger partial charge in [0.25, 0.3) is 0 Å². The number of fused-ring (bicyclic) bond motifs is 5. The molecule has 0 aromatic rings. The Labute approximate surface area is 212 Å². The molecule has 0 aromatic heterocycles. The smallest absolute Gasteiger partial charge is 0.222 e. The average Bonchev–Trinajstić information content (AvgIpc) is 3.20. The van der Waals surface area contributed by atoms with Crippen LogP contribution in [0.4, 0.5) is 0 Å². The molecule has 5 rings (SSSR count). The molecular formula is C30H49NO4. The second-order valence-corrected chi connectivity index (χ2v) is 13.7. The maximum absolute atomic E-state index is 12.9. The van der Waals surface area contributed by atoms with Crippen LogP contribution in [0.3, 0.4) is 0 Å². The lowest BCUT2D eigenvalue weighted by atomic mass is 9.47. The third kappa shape index (κ3) is 4.42. The van der Waals surface area contributed by atoms with Gasteiger partial charge in [0.05, 0.1) is 18.3 Å². The number of piperidine rings is 1. The fourth-order valence-electron chi connectivity index (χ4n) is 9.66. The van der Waals surface area contributed by atoms with Crippen LogP contribution in [0.2, 0.25) is 0 Å². The zero-order valence-electron chi connectivity index (χ0n) is 22.3. The lowest BCUT2D eigenvalue weighted by molar-refractivity contribution is -0.137. The van der Waals surface area contributed by atoms with Crippen molar-refractivity contribution in [2.45, 2.75) is 110 Å². The van der Waals surface area contributed by atoms with Crippen LogP contribution in [-0.4, -0.2) is 57.5 Å². The summed E-state index contributed by atoms with van der Waals surface area (Å²) in [4.78, 5) is 14.8. The Bertz CT molecular complexity index is 832. The van der Waals surface area contributed by atoms with Crippen molar-refractivity contribution in [1.82, 2.24) is 4.90 Å². The number of aliphatic hydroxyl groups excluding tert-OH is 2. The van der Waals surface area contributed by atoms with Crippen LogP contribution in [0.1, 0.15) is 97.8 Å². The zero-order valence-corrected chi connectivity index (χ0v) is 22.3. The van der Waals surface area contributed by atoms with E-state index in [9.17, 15) is 20.1 Å². The highest BCUT2D eigenvalue weighted by atomic mass is 16.3. The first kappa shape index (κ1) is 25.7. The summed E-state index contributed by atoms with van der Waals surface area (Å²) >= 11 is 0. The number of likely N-dealkylation sites (tertiary alicyclic amines) is 1. The van der Waals surface area contributed by atoms with Gasteiger partial charge in [0.2, 0.25) is 5.91 Å². The number of hydrogen-bond acceptors (Lipinski definition) is 4. The molecule has 3 N–H and O–H groups in total. The summed E-state index contributed by atoms with van der Waals surface area (Å²) in [6, 6.07) is 0. The predicted octanol–water partition coefficient (Wildman–Crippen LogP) is 4.69. The van der Waals surface area contributed by atoms with Crippen molar-refractivity contribution in [3.8, 4) is 0 Å². The van der Waals surface area contributed by atoms with Crippen LogP contribution in [0.5, 0.6) is 0 Å². The molecule has 198 valence electrons. The minimum Gasteiger partial charge on any atom is -0.393 e. The highest BCUT2D eigenvalue weighted by Crippen LogP contribution is 2.67. The normalized spacial score (nSPS) is 43.5. The van der Waals surface area contributed by atoms with E-state index < -0.39 is 5.60 Å². The van der Waals surface area contributed by atoms with Crippen molar-refractivity contribution in [1.29, 1.82) is 0 Å². The lowest BCUT2D eigenvalue weighted by Crippen LogP contribution is -2.51. The third-order valence-electron chi connectivity index (χ3n) is 12.0. The zero-order chi connectivity index (χ0) is 25.0. The number of carbonyl (C=O) groups is 1. The van der Waals surface area contributed by atoms with Crippen molar-refractivity contribution in [3.63, 3.8) is 0 Å². The molecule has 5 nitrogen and oxygen atoms in total. The number of aliphatic hydroxyl groups is 3. The van der Waals surface area contributed by atoms with Crippen molar-refractivity contribution in [3.05, 3.63) is 11.6 Å². The summed E-state index contributed by atoms with van der Waals surface area (Å²) in [5.74, 6) is 3.84. The van der Waals surface area contributed by atoms with Gasteiger partial charge in [0.1, 0.15) is 0 Å². The summed E-state index contributed by atoms with van der Waals surface area (Å²) in [5, 5.41) is 29.9. The summed E-state index contributed by atoms with van der Waals surface area (Å²) in [5.41, 5.74) is 1.25. The van der Waals surface area contributed by atoms with E-state index in [2.05, 4.69) is 26.8 Å². The van der Waals surface area contributed by atoms with Gasteiger partial charge in [-0.25, -0.2) is 0 Å². The summed E-state index contributed by atoms with van der Waals surface area (Å²) in [7, 11) is 0. The highest BCUT2D eigenvalue weighted by molar-refractivity contribution is 5.76. The molecule has 4 aliphatic carbocycles. The average molecular weight is 488 g/mol. The van der Waals surface area contributed by atoms with E-state index in [1.165, 1.54) is 32.1 Å². The van der Waals surface area contributed by atoms with E-state index in [0.717, 1.165) is 43.4 Å². The first-order valence-corrected chi connectivity index (χ1v) is 14.6. The van der Waals surface area contributed by atoms with Crippen molar-refractivity contribution in [2.75, 3.05) is 19.7 Å². The number of allylic oxidation sites excluding steroid dienone is 1. The maximum Gasteiger partial charge on any atom is 0.222 e. The molecule has 35 heavy (non-hydrogen) atoms. The number of amides is 1. The van der Waals surface area contributed by atoms with E-state index in [1.54, 1.807) is 5.57 Å². The molecule has 8 atom stereocenters. The Balaban J connectivity index is 1.20. The minimum absolute atomic E-state index is 0.134. The Kier molecular flexibility index (Phi) is 6.94. The summed E-state index contributed by atoms with van der Waals surface area (Å²) in [6.07, 6.45) is 14.4. The van der Waals surface area contributed by atoms with Crippen LogP contribution >= 0.6 is 0 Å². The van der Waals surface area contributed by atoms with E-state index >= 15 is 0 Å².